The fourth-order valence-corrected chi connectivity index (χ4v) is 5.10. The van der Waals surface area contributed by atoms with Crippen molar-refractivity contribution in [2.75, 3.05) is 0 Å². The Bertz CT molecular complexity index is 2000. The highest BCUT2D eigenvalue weighted by Gasteiger charge is 2.18. The predicted molar refractivity (Wildman–Crippen MR) is 125 cm³/mol. The van der Waals surface area contributed by atoms with Crippen molar-refractivity contribution in [2.24, 2.45) is 0 Å². The Hall–Kier alpha value is -4.31. The number of benzene rings is 4. The minimum absolute atomic E-state index is 0.836. The Morgan fingerprint density at radius 1 is 0.613 bits per heavy atom. The van der Waals surface area contributed by atoms with Crippen LogP contribution in [0.5, 0.6) is 0 Å². The fraction of sp³-hybridized carbons (Fsp3) is 0. The summed E-state index contributed by atoms with van der Waals surface area (Å²) in [6.45, 7) is 0. The van der Waals surface area contributed by atoms with Gasteiger partial charge in [0.1, 0.15) is 28.0 Å². The monoisotopic (exact) mass is 398 g/mol. The molecule has 0 saturated carbocycles. The molecule has 0 radical (unpaired) electrons. The van der Waals surface area contributed by atoms with Gasteiger partial charge in [-0.05, 0) is 29.7 Å². The van der Waals surface area contributed by atoms with Crippen LogP contribution in [-0.2, 0) is 0 Å². The van der Waals surface area contributed by atoms with Crippen molar-refractivity contribution in [2.45, 2.75) is 0 Å². The van der Waals surface area contributed by atoms with E-state index in [9.17, 15) is 0 Å². The molecular formula is C27H14N2O2. The molecule has 4 aromatic carbocycles. The van der Waals surface area contributed by atoms with Gasteiger partial charge in [0.25, 0.3) is 0 Å². The van der Waals surface area contributed by atoms with Crippen molar-refractivity contribution < 1.29 is 8.83 Å². The van der Waals surface area contributed by atoms with Crippen molar-refractivity contribution in [3.05, 3.63) is 85.2 Å². The molecular weight excluding hydrogens is 384 g/mol. The molecule has 0 aliphatic rings. The highest BCUT2D eigenvalue weighted by Crippen LogP contribution is 2.41. The Morgan fingerprint density at radius 3 is 2.39 bits per heavy atom. The Balaban J connectivity index is 1.65. The molecule has 4 heterocycles. The van der Waals surface area contributed by atoms with Crippen LogP contribution in [-0.4, -0.2) is 9.38 Å². The normalized spacial score (nSPS) is 12.5. The van der Waals surface area contributed by atoms with E-state index in [0.29, 0.717) is 0 Å². The van der Waals surface area contributed by atoms with Gasteiger partial charge in [-0.1, -0.05) is 42.5 Å². The van der Waals surface area contributed by atoms with Crippen LogP contribution in [0.2, 0.25) is 0 Å². The largest absolute Gasteiger partial charge is 0.456 e. The number of nitrogens with zero attached hydrogens (tertiary/aromatic N) is 2. The maximum absolute atomic E-state index is 6.31. The van der Waals surface area contributed by atoms with Crippen LogP contribution in [0.15, 0.2) is 94.0 Å². The first-order chi connectivity index (χ1) is 15.4. The number of fused-ring (bicyclic) bond motifs is 13. The highest BCUT2D eigenvalue weighted by molar-refractivity contribution is 6.25. The molecule has 0 N–H and O–H groups in total. The molecule has 4 aromatic heterocycles. The first-order valence-electron chi connectivity index (χ1n) is 10.3. The predicted octanol–water partition coefficient (Wildman–Crippen LogP) is 7.44. The molecule has 0 atom stereocenters. The van der Waals surface area contributed by atoms with E-state index >= 15 is 0 Å². The van der Waals surface area contributed by atoms with E-state index in [0.717, 1.165) is 60.4 Å². The molecule has 144 valence electrons. The summed E-state index contributed by atoms with van der Waals surface area (Å²) in [7, 11) is 0. The van der Waals surface area contributed by atoms with Crippen LogP contribution in [0.1, 0.15) is 0 Å². The molecule has 4 nitrogen and oxygen atoms in total. The first kappa shape index (κ1) is 15.5. The summed E-state index contributed by atoms with van der Waals surface area (Å²) < 4.78 is 14.8. The van der Waals surface area contributed by atoms with Crippen LogP contribution in [0.25, 0.3) is 71.2 Å². The van der Waals surface area contributed by atoms with Gasteiger partial charge in [-0.2, -0.15) is 0 Å². The van der Waals surface area contributed by atoms with Gasteiger partial charge in [0.15, 0.2) is 0 Å². The lowest BCUT2D eigenvalue weighted by atomic mass is 10.0. The number of para-hydroxylation sites is 1. The van der Waals surface area contributed by atoms with Gasteiger partial charge in [0.05, 0.1) is 10.9 Å². The Kier molecular flexibility index (Phi) is 2.62. The number of hydrogen-bond donors (Lipinski definition) is 0. The summed E-state index contributed by atoms with van der Waals surface area (Å²) >= 11 is 0. The van der Waals surface area contributed by atoms with E-state index in [1.165, 1.54) is 10.8 Å². The lowest BCUT2D eigenvalue weighted by Gasteiger charge is -2.08. The molecule has 0 amide bonds. The molecule has 8 aromatic rings. The summed E-state index contributed by atoms with van der Waals surface area (Å²) in [5, 5.41) is 7.83. The fourth-order valence-electron chi connectivity index (χ4n) is 5.10. The number of pyridine rings is 1. The standard InChI is InChI=1S/C27H14N2O2/c1-2-7-18-15(5-1)19-13-20-24(14-21(19)29-12-11-28-27(18)29)30-23-10-9-17-16-6-3-4-8-22(16)31-26(17)25(20)23/h1-14H. The minimum atomic E-state index is 0.836. The third-order valence-corrected chi connectivity index (χ3v) is 6.45. The lowest BCUT2D eigenvalue weighted by molar-refractivity contribution is 0.663. The number of hydrogen-bond acceptors (Lipinski definition) is 3. The van der Waals surface area contributed by atoms with Crippen LogP contribution in [0.3, 0.4) is 0 Å². The lowest BCUT2D eigenvalue weighted by Crippen LogP contribution is -1.90. The third-order valence-electron chi connectivity index (χ3n) is 6.45. The molecule has 31 heavy (non-hydrogen) atoms. The topological polar surface area (TPSA) is 43.6 Å². The van der Waals surface area contributed by atoms with Crippen molar-refractivity contribution in [1.82, 2.24) is 9.38 Å². The third kappa shape index (κ3) is 1.83. The minimum Gasteiger partial charge on any atom is -0.456 e. The molecule has 0 spiro atoms. The number of imidazole rings is 1. The first-order valence-corrected chi connectivity index (χ1v) is 10.3. The average Bonchev–Trinajstić information content (AvgIpc) is 3.52. The SMILES string of the molecule is c1ccc2c(c1)oc1c2ccc2oc3cc4c(cc3c21)c1ccccc1c1nccn41. The molecule has 0 aliphatic carbocycles. The molecule has 0 aliphatic heterocycles. The average molecular weight is 398 g/mol. The zero-order chi connectivity index (χ0) is 20.1. The number of aromatic nitrogens is 2. The van der Waals surface area contributed by atoms with Gasteiger partial charge in [-0.25, -0.2) is 4.98 Å². The second kappa shape index (κ2) is 5.24. The van der Waals surface area contributed by atoms with Crippen LogP contribution in [0.4, 0.5) is 0 Å². The number of furan rings is 2. The van der Waals surface area contributed by atoms with Crippen molar-refractivity contribution in [3.63, 3.8) is 0 Å². The van der Waals surface area contributed by atoms with E-state index in [4.69, 9.17) is 8.83 Å². The Labute approximate surface area is 174 Å². The molecule has 0 bridgehead atoms. The van der Waals surface area contributed by atoms with Crippen molar-refractivity contribution in [1.29, 1.82) is 0 Å². The van der Waals surface area contributed by atoms with Crippen LogP contribution < -0.4 is 0 Å². The van der Waals surface area contributed by atoms with Gasteiger partial charge in [0.2, 0.25) is 0 Å². The van der Waals surface area contributed by atoms with Gasteiger partial charge < -0.3 is 8.83 Å². The summed E-state index contributed by atoms with van der Waals surface area (Å²) in [6, 6.07) is 25.1. The van der Waals surface area contributed by atoms with Gasteiger partial charge in [-0.15, -0.1) is 0 Å². The Morgan fingerprint density at radius 2 is 1.45 bits per heavy atom. The van der Waals surface area contributed by atoms with Gasteiger partial charge in [0, 0.05) is 45.4 Å². The smallest absolute Gasteiger partial charge is 0.147 e. The van der Waals surface area contributed by atoms with Gasteiger partial charge >= 0.3 is 0 Å². The van der Waals surface area contributed by atoms with E-state index in [2.05, 4.69) is 64.0 Å². The quantitative estimate of drug-likeness (QED) is 0.249. The summed E-state index contributed by atoms with van der Waals surface area (Å²) in [4.78, 5) is 4.60. The summed E-state index contributed by atoms with van der Waals surface area (Å²) in [6.07, 6.45) is 3.86. The molecule has 0 unspecified atom stereocenters. The molecule has 8 rings (SSSR count). The van der Waals surface area contributed by atoms with Gasteiger partial charge in [-0.3, -0.25) is 4.40 Å². The summed E-state index contributed by atoms with van der Waals surface area (Å²) in [5.41, 5.74) is 5.50. The maximum Gasteiger partial charge on any atom is 0.147 e. The number of rotatable bonds is 0. The van der Waals surface area contributed by atoms with Crippen molar-refractivity contribution in [3.8, 4) is 0 Å². The highest BCUT2D eigenvalue weighted by atomic mass is 16.3. The van der Waals surface area contributed by atoms with E-state index in [-0.39, 0.29) is 0 Å². The molecule has 0 fully saturated rings. The zero-order valence-corrected chi connectivity index (χ0v) is 16.3. The summed E-state index contributed by atoms with van der Waals surface area (Å²) in [5.74, 6) is 0. The molecule has 4 heteroatoms. The van der Waals surface area contributed by atoms with E-state index in [1.54, 1.807) is 0 Å². The second-order valence-electron chi connectivity index (χ2n) is 8.05. The van der Waals surface area contributed by atoms with E-state index < -0.39 is 0 Å². The maximum atomic E-state index is 6.31. The zero-order valence-electron chi connectivity index (χ0n) is 16.3. The molecule has 0 saturated heterocycles. The second-order valence-corrected chi connectivity index (χ2v) is 8.05. The van der Waals surface area contributed by atoms with Crippen LogP contribution in [0, 0.1) is 0 Å². The van der Waals surface area contributed by atoms with E-state index in [1.807, 2.05) is 30.6 Å². The van der Waals surface area contributed by atoms with Crippen LogP contribution >= 0.6 is 0 Å². The van der Waals surface area contributed by atoms with Crippen molar-refractivity contribution >= 4 is 71.2 Å².